The molecule has 3 aromatic rings. The van der Waals surface area contributed by atoms with Gasteiger partial charge in [0.05, 0.1) is 42.9 Å². The second-order valence-electron chi connectivity index (χ2n) is 8.77. The van der Waals surface area contributed by atoms with Crippen molar-refractivity contribution in [1.82, 2.24) is 19.4 Å². The number of halogens is 2. The molecule has 180 valence electrons. The van der Waals surface area contributed by atoms with Crippen molar-refractivity contribution in [1.29, 1.82) is 0 Å². The maximum atomic E-state index is 13.5. The number of hydrogen-bond acceptors (Lipinski definition) is 5. The first-order chi connectivity index (χ1) is 18.2. The molecule has 3 aliphatic heterocycles. The molecule has 2 atom stereocenters. The molecule has 3 aliphatic rings. The quantitative estimate of drug-likeness (QED) is 0.537. The van der Waals surface area contributed by atoms with Crippen LogP contribution in [0.3, 0.4) is 0 Å². The van der Waals surface area contributed by atoms with Gasteiger partial charge in [-0.25, -0.2) is 4.98 Å². The first-order valence-electron chi connectivity index (χ1n) is 12.9. The molecule has 0 unspecified atom stereocenters. The predicted molar refractivity (Wildman–Crippen MR) is 125 cm³/mol. The van der Waals surface area contributed by atoms with Crippen LogP contribution in [0.4, 0.5) is 8.78 Å². The molecule has 0 aliphatic carbocycles. The molecular weight excluding hydrogens is 454 g/mol. The fourth-order valence-electron chi connectivity index (χ4n) is 5.20. The number of rotatable bonds is 3. The number of amides is 1. The lowest BCUT2D eigenvalue weighted by Crippen LogP contribution is -2.36. The molecule has 1 saturated heterocycles. The van der Waals surface area contributed by atoms with E-state index in [-0.39, 0.29) is 23.3 Å². The van der Waals surface area contributed by atoms with E-state index in [0.29, 0.717) is 36.6 Å². The molecule has 7 nitrogen and oxygen atoms in total. The van der Waals surface area contributed by atoms with E-state index in [4.69, 9.17) is 18.6 Å². The predicted octanol–water partition coefficient (Wildman–Crippen LogP) is 3.44. The van der Waals surface area contributed by atoms with Crippen molar-refractivity contribution >= 4 is 16.9 Å². The number of alkyl halides is 2. The molecule has 0 radical (unpaired) electrons. The van der Waals surface area contributed by atoms with Gasteiger partial charge in [0.1, 0.15) is 11.6 Å². The van der Waals surface area contributed by atoms with Crippen LogP contribution in [0.5, 0.6) is 5.75 Å². The Balaban J connectivity index is 1.48. The number of nitrogens with zero attached hydrogens (tertiary/aromatic N) is 4. The van der Waals surface area contributed by atoms with E-state index in [1.807, 2.05) is 16.7 Å². The molecule has 2 bridgehead atoms. The molecule has 1 aromatic heterocycles. The minimum atomic E-state index is -3.11. The van der Waals surface area contributed by atoms with Gasteiger partial charge >= 0.3 is 6.61 Å². The minimum Gasteiger partial charge on any atom is -0.434 e. The molecule has 4 heterocycles. The highest BCUT2D eigenvalue weighted by Gasteiger charge is 2.45. The van der Waals surface area contributed by atoms with Gasteiger partial charge in [-0.3, -0.25) is 9.69 Å². The Morgan fingerprint density at radius 1 is 1.26 bits per heavy atom. The molecule has 9 heteroatoms. The molecule has 1 fully saturated rings. The highest BCUT2D eigenvalue weighted by Crippen LogP contribution is 2.49. The first kappa shape index (κ1) is 18.8. The van der Waals surface area contributed by atoms with Gasteiger partial charge in [-0.05, 0) is 30.3 Å². The van der Waals surface area contributed by atoms with E-state index in [1.165, 1.54) is 18.2 Å². The molecule has 6 rings (SSSR count). The molecular formula is C26H24F2N4O3. The number of fused-ring (bicyclic) bond motifs is 9. The van der Waals surface area contributed by atoms with Crippen molar-refractivity contribution in [3.8, 4) is 17.6 Å². The normalized spacial score (nSPS) is 23.1. The zero-order valence-electron chi connectivity index (χ0n) is 21.7. The lowest BCUT2D eigenvalue weighted by atomic mass is 9.97. The largest absolute Gasteiger partial charge is 0.434 e. The van der Waals surface area contributed by atoms with Crippen LogP contribution in [-0.4, -0.2) is 71.7 Å². The monoisotopic (exact) mass is 481 g/mol. The third kappa shape index (κ3) is 3.74. The molecule has 0 spiro atoms. The third-order valence-corrected chi connectivity index (χ3v) is 6.79. The molecule has 0 saturated carbocycles. The van der Waals surface area contributed by atoms with Gasteiger partial charge < -0.3 is 18.9 Å². The van der Waals surface area contributed by atoms with Crippen molar-refractivity contribution in [3.63, 3.8) is 0 Å². The van der Waals surface area contributed by atoms with E-state index >= 15 is 0 Å². The highest BCUT2D eigenvalue weighted by atomic mass is 19.3. The lowest BCUT2D eigenvalue weighted by molar-refractivity contribution is -0.0507. The fraction of sp³-hybridized carbons (Fsp3) is 0.385. The maximum absolute atomic E-state index is 13.5. The second-order valence-corrected chi connectivity index (χ2v) is 8.77. The van der Waals surface area contributed by atoms with Crippen LogP contribution in [0.25, 0.3) is 11.0 Å². The number of benzene rings is 2. The maximum Gasteiger partial charge on any atom is 0.387 e. The summed E-state index contributed by atoms with van der Waals surface area (Å²) in [5.74, 6) is 5.85. The van der Waals surface area contributed by atoms with E-state index in [2.05, 4.69) is 16.7 Å². The lowest BCUT2D eigenvalue weighted by Gasteiger charge is -2.24. The molecule has 35 heavy (non-hydrogen) atoms. The van der Waals surface area contributed by atoms with E-state index in [9.17, 15) is 13.6 Å². The van der Waals surface area contributed by atoms with Crippen LogP contribution < -0.4 is 4.74 Å². The van der Waals surface area contributed by atoms with Crippen molar-refractivity contribution < 1.29 is 27.2 Å². The summed E-state index contributed by atoms with van der Waals surface area (Å²) in [6.45, 7) is -2.24. The van der Waals surface area contributed by atoms with Crippen molar-refractivity contribution in [3.05, 3.63) is 58.9 Å². The van der Waals surface area contributed by atoms with Gasteiger partial charge in [0.2, 0.25) is 0 Å². The summed E-state index contributed by atoms with van der Waals surface area (Å²) in [6, 6.07) is 8.26. The van der Waals surface area contributed by atoms with E-state index in [1.54, 1.807) is 6.07 Å². The first-order valence-corrected chi connectivity index (χ1v) is 11.4. The number of hydrogen-bond donors (Lipinski definition) is 0. The van der Waals surface area contributed by atoms with Crippen LogP contribution in [0.15, 0.2) is 36.4 Å². The topological polar surface area (TPSA) is 59.8 Å². The number of aromatic nitrogens is 2. The Bertz CT molecular complexity index is 1470. The summed E-state index contributed by atoms with van der Waals surface area (Å²) in [7, 11) is 0. The summed E-state index contributed by atoms with van der Waals surface area (Å²) in [5.41, 5.74) is 2.29. The van der Waals surface area contributed by atoms with Crippen molar-refractivity contribution in [2.45, 2.75) is 25.1 Å². The Morgan fingerprint density at radius 2 is 2.11 bits per heavy atom. The van der Waals surface area contributed by atoms with Crippen LogP contribution in [0.2, 0.25) is 0 Å². The zero-order chi connectivity index (χ0) is 26.6. The molecule has 2 aromatic carbocycles. The average Bonchev–Trinajstić information content (AvgIpc) is 3.36. The van der Waals surface area contributed by atoms with Gasteiger partial charge in [-0.2, -0.15) is 8.78 Å². The minimum absolute atomic E-state index is 0.0285. The summed E-state index contributed by atoms with van der Waals surface area (Å²) in [4.78, 5) is 21.2. The Morgan fingerprint density at radius 3 is 2.91 bits per heavy atom. The van der Waals surface area contributed by atoms with E-state index < -0.39 is 31.6 Å². The Hall–Kier alpha value is -3.48. The number of ether oxygens (including phenoxy) is 2. The van der Waals surface area contributed by atoms with E-state index in [0.717, 1.165) is 23.6 Å². The van der Waals surface area contributed by atoms with Gasteiger partial charge in [0, 0.05) is 47.3 Å². The number of morpholine rings is 1. The van der Waals surface area contributed by atoms with Crippen LogP contribution in [-0.2, 0) is 4.74 Å². The highest BCUT2D eigenvalue weighted by molar-refractivity contribution is 5.97. The smallest absolute Gasteiger partial charge is 0.387 e. The molecule has 0 N–H and O–H groups in total. The Labute approximate surface area is 205 Å². The van der Waals surface area contributed by atoms with Gasteiger partial charge in [0.15, 0.2) is 0 Å². The summed E-state index contributed by atoms with van der Waals surface area (Å²) >= 11 is 0. The molecule has 1 amide bonds. The van der Waals surface area contributed by atoms with Gasteiger partial charge in [0.25, 0.3) is 5.91 Å². The third-order valence-electron chi connectivity index (χ3n) is 6.79. The van der Waals surface area contributed by atoms with Crippen LogP contribution >= 0.6 is 0 Å². The van der Waals surface area contributed by atoms with Gasteiger partial charge in [-0.15, -0.1) is 0 Å². The van der Waals surface area contributed by atoms with Crippen LogP contribution in [0.1, 0.15) is 49.9 Å². The van der Waals surface area contributed by atoms with Gasteiger partial charge in [-0.1, -0.05) is 17.9 Å². The summed E-state index contributed by atoms with van der Waals surface area (Å²) in [6.07, 6.45) is 0.173. The number of carbonyl (C=O) groups is 1. The summed E-state index contributed by atoms with van der Waals surface area (Å²) < 4.78 is 63.0. The fourth-order valence-corrected chi connectivity index (χ4v) is 5.20. The van der Waals surface area contributed by atoms with Crippen molar-refractivity contribution in [2.24, 2.45) is 0 Å². The zero-order valence-corrected chi connectivity index (χ0v) is 18.7. The Kier molecular flexibility index (Phi) is 4.63. The average molecular weight is 482 g/mol. The number of imidazole rings is 1. The van der Waals surface area contributed by atoms with Crippen LogP contribution in [0, 0.1) is 11.8 Å². The number of carbonyl (C=O) groups excluding carboxylic acids is 1. The summed E-state index contributed by atoms with van der Waals surface area (Å²) in [5, 5.41) is 0. The standard InChI is InChI=1S/C26H24F2N4O3/c1-30-21-15-20(23-17(25(30)33)5-2-6-22(23)35-26(27)28)32-19-14-16(7-8-18(19)29-24(21)32)4-3-9-31-10-12-34-13-11-31/h2,5-8,14,20-21,26H,9-13,15H2,1H3/t20-,21-/m1/s1/i1D3. The van der Waals surface area contributed by atoms with Crippen molar-refractivity contribution in [2.75, 3.05) is 39.8 Å². The second kappa shape index (κ2) is 8.63. The SMILES string of the molecule is [2H]C([2H])([2H])N1C(=O)c2cccc(OC(F)F)c2[C@H]2C[C@@H]1c1nc3ccc(C#CCN4CCOCC4)cc3n12.